The van der Waals surface area contributed by atoms with E-state index in [1.807, 2.05) is 28.0 Å². The quantitative estimate of drug-likeness (QED) is 0.507. The van der Waals surface area contributed by atoms with Crippen LogP contribution >= 0.6 is 11.3 Å². The lowest BCUT2D eigenvalue weighted by Gasteiger charge is -2.36. The van der Waals surface area contributed by atoms with Gasteiger partial charge in [0.25, 0.3) is 0 Å². The third-order valence-electron chi connectivity index (χ3n) is 6.34. The Hall–Kier alpha value is -2.34. The second-order valence-corrected chi connectivity index (χ2v) is 9.23. The largest absolute Gasteiger partial charge is 0.265 e. The van der Waals surface area contributed by atoms with Gasteiger partial charge in [0.05, 0.1) is 5.39 Å². The molecule has 138 valence electrons. The minimum atomic E-state index is 0.389. The molecule has 1 atom stereocenters. The predicted octanol–water partition coefficient (Wildman–Crippen LogP) is 4.94. The third-order valence-corrected chi connectivity index (χ3v) is 7.50. The van der Waals surface area contributed by atoms with Gasteiger partial charge < -0.3 is 0 Å². The summed E-state index contributed by atoms with van der Waals surface area (Å²) in [4.78, 5) is 16.2. The normalized spacial score (nSPS) is 17.5. The van der Waals surface area contributed by atoms with Crippen LogP contribution in [0.15, 0.2) is 30.9 Å². The Morgan fingerprint density at radius 2 is 2.07 bits per heavy atom. The van der Waals surface area contributed by atoms with Crippen LogP contribution in [-0.2, 0) is 12.8 Å². The molecule has 6 heteroatoms. The van der Waals surface area contributed by atoms with Crippen LogP contribution < -0.4 is 0 Å². The number of hydrogen-bond acceptors (Lipinski definition) is 5. The molecule has 1 aliphatic carbocycles. The van der Waals surface area contributed by atoms with E-state index in [-0.39, 0.29) is 0 Å². The van der Waals surface area contributed by atoms with Crippen molar-refractivity contribution in [3.05, 3.63) is 41.3 Å². The fourth-order valence-electron chi connectivity index (χ4n) is 4.15. The molecule has 0 fully saturated rings. The summed E-state index contributed by atoms with van der Waals surface area (Å²) in [5.74, 6) is 1.47. The zero-order valence-corrected chi connectivity index (χ0v) is 16.8. The molecule has 0 amide bonds. The van der Waals surface area contributed by atoms with Gasteiger partial charge in [0.2, 0.25) is 0 Å². The number of aryl methyl sites for hydroxylation is 1. The van der Waals surface area contributed by atoms with Gasteiger partial charge in [-0.3, -0.25) is 4.98 Å². The highest BCUT2D eigenvalue weighted by molar-refractivity contribution is 7.19. The predicted molar refractivity (Wildman–Crippen MR) is 109 cm³/mol. The Labute approximate surface area is 162 Å². The van der Waals surface area contributed by atoms with Gasteiger partial charge in [0.1, 0.15) is 11.2 Å². The van der Waals surface area contributed by atoms with Gasteiger partial charge in [-0.05, 0) is 48.3 Å². The molecule has 0 saturated carbocycles. The molecule has 0 radical (unpaired) electrons. The van der Waals surface area contributed by atoms with Crippen LogP contribution in [-0.4, -0.2) is 24.6 Å². The van der Waals surface area contributed by atoms with Crippen LogP contribution in [0.5, 0.6) is 0 Å². The average molecular weight is 378 g/mol. The second-order valence-electron chi connectivity index (χ2n) is 8.15. The van der Waals surface area contributed by atoms with Crippen LogP contribution in [0.1, 0.15) is 44.1 Å². The van der Waals surface area contributed by atoms with Gasteiger partial charge in [-0.25, -0.2) is 14.5 Å². The van der Waals surface area contributed by atoms with Gasteiger partial charge in [-0.15, -0.1) is 16.4 Å². The molecular formula is C21H23N5S. The monoisotopic (exact) mass is 377 g/mol. The van der Waals surface area contributed by atoms with Gasteiger partial charge in [-0.2, -0.15) is 0 Å². The number of pyridine rings is 1. The van der Waals surface area contributed by atoms with E-state index in [1.165, 1.54) is 28.7 Å². The zero-order valence-electron chi connectivity index (χ0n) is 15.9. The maximum absolute atomic E-state index is 4.87. The van der Waals surface area contributed by atoms with Crippen molar-refractivity contribution in [2.24, 2.45) is 11.3 Å². The van der Waals surface area contributed by atoms with Crippen molar-refractivity contribution < 1.29 is 0 Å². The molecule has 5 nitrogen and oxygen atoms in total. The molecule has 0 saturated heterocycles. The Bertz CT molecular complexity index is 1130. The molecule has 27 heavy (non-hydrogen) atoms. The maximum atomic E-state index is 4.87. The van der Waals surface area contributed by atoms with Crippen molar-refractivity contribution in [1.29, 1.82) is 0 Å². The zero-order chi connectivity index (χ0) is 18.6. The van der Waals surface area contributed by atoms with E-state index in [9.17, 15) is 0 Å². The van der Waals surface area contributed by atoms with E-state index < -0.39 is 0 Å². The summed E-state index contributed by atoms with van der Waals surface area (Å²) in [5, 5.41) is 5.86. The SMILES string of the molecule is CCC(C)(C)C1CCc2c(sc3ncn4nc(-c5ccncc5)nc4c23)C1. The molecule has 0 N–H and O–H groups in total. The molecule has 1 aliphatic rings. The number of aromatic nitrogens is 5. The Balaban J connectivity index is 1.64. The number of fused-ring (bicyclic) bond motifs is 5. The molecule has 0 spiro atoms. The van der Waals surface area contributed by atoms with Gasteiger partial charge >= 0.3 is 0 Å². The van der Waals surface area contributed by atoms with Gasteiger partial charge in [0, 0.05) is 22.8 Å². The number of hydrogen-bond donors (Lipinski definition) is 0. The number of rotatable bonds is 3. The summed E-state index contributed by atoms with van der Waals surface area (Å²) in [7, 11) is 0. The van der Waals surface area contributed by atoms with Crippen molar-refractivity contribution in [1.82, 2.24) is 24.6 Å². The van der Waals surface area contributed by atoms with Crippen molar-refractivity contribution in [3.8, 4) is 11.4 Å². The maximum Gasteiger partial charge on any atom is 0.182 e. The number of nitrogens with zero attached hydrogens (tertiary/aromatic N) is 5. The van der Waals surface area contributed by atoms with E-state index in [0.717, 1.165) is 40.6 Å². The minimum Gasteiger partial charge on any atom is -0.265 e. The van der Waals surface area contributed by atoms with E-state index >= 15 is 0 Å². The van der Waals surface area contributed by atoms with Crippen LogP contribution in [0.3, 0.4) is 0 Å². The van der Waals surface area contributed by atoms with E-state index in [4.69, 9.17) is 9.97 Å². The summed E-state index contributed by atoms with van der Waals surface area (Å²) < 4.78 is 1.83. The summed E-state index contributed by atoms with van der Waals surface area (Å²) in [6.07, 6.45) is 10.1. The summed E-state index contributed by atoms with van der Waals surface area (Å²) in [6.45, 7) is 7.13. The van der Waals surface area contributed by atoms with Crippen LogP contribution in [0, 0.1) is 11.3 Å². The van der Waals surface area contributed by atoms with Crippen molar-refractivity contribution in [2.75, 3.05) is 0 Å². The molecule has 0 aromatic carbocycles. The van der Waals surface area contributed by atoms with Crippen LogP contribution in [0.2, 0.25) is 0 Å². The first-order valence-corrected chi connectivity index (χ1v) is 10.4. The highest BCUT2D eigenvalue weighted by atomic mass is 32.1. The Morgan fingerprint density at radius 1 is 1.26 bits per heavy atom. The number of thiophene rings is 1. The first-order valence-electron chi connectivity index (χ1n) is 9.63. The highest BCUT2D eigenvalue weighted by Crippen LogP contribution is 2.44. The topological polar surface area (TPSA) is 56.0 Å². The standard InChI is InChI=1S/C21H23N5S/c1-4-21(2,3)14-5-6-15-16(11-14)27-20-17(15)19-24-18(25-26(19)12-23-20)13-7-9-22-10-8-13/h7-10,12,14H,4-6,11H2,1-3H3. The third kappa shape index (κ3) is 2.65. The molecule has 0 bridgehead atoms. The lowest BCUT2D eigenvalue weighted by atomic mass is 9.70. The van der Waals surface area contributed by atoms with Gasteiger partial charge in [-0.1, -0.05) is 27.2 Å². The van der Waals surface area contributed by atoms with E-state index in [1.54, 1.807) is 18.7 Å². The lowest BCUT2D eigenvalue weighted by molar-refractivity contribution is 0.184. The van der Waals surface area contributed by atoms with Gasteiger partial charge in [0.15, 0.2) is 11.5 Å². The van der Waals surface area contributed by atoms with Crippen molar-refractivity contribution in [2.45, 2.75) is 46.5 Å². The minimum absolute atomic E-state index is 0.389. The summed E-state index contributed by atoms with van der Waals surface area (Å²) >= 11 is 1.85. The van der Waals surface area contributed by atoms with Crippen LogP contribution in [0.4, 0.5) is 0 Å². The molecular weight excluding hydrogens is 354 g/mol. The molecule has 0 aliphatic heterocycles. The Kier molecular flexibility index (Phi) is 3.79. The first-order chi connectivity index (χ1) is 13.1. The van der Waals surface area contributed by atoms with E-state index in [2.05, 4.69) is 30.9 Å². The first kappa shape index (κ1) is 16.8. The second kappa shape index (κ2) is 6.09. The molecule has 1 unspecified atom stereocenters. The van der Waals surface area contributed by atoms with Crippen molar-refractivity contribution in [3.63, 3.8) is 0 Å². The smallest absolute Gasteiger partial charge is 0.182 e. The fourth-order valence-corrected chi connectivity index (χ4v) is 5.42. The molecule has 4 aromatic rings. The van der Waals surface area contributed by atoms with E-state index in [0.29, 0.717) is 5.41 Å². The average Bonchev–Trinajstić information content (AvgIpc) is 3.28. The summed E-state index contributed by atoms with van der Waals surface area (Å²) in [6, 6.07) is 3.89. The lowest BCUT2D eigenvalue weighted by Crippen LogP contribution is -2.28. The van der Waals surface area contributed by atoms with Crippen LogP contribution in [0.25, 0.3) is 27.3 Å². The molecule has 4 aromatic heterocycles. The molecule has 4 heterocycles. The Morgan fingerprint density at radius 3 is 2.85 bits per heavy atom. The highest BCUT2D eigenvalue weighted by Gasteiger charge is 2.33. The fraction of sp³-hybridized carbons (Fsp3) is 0.429. The summed E-state index contributed by atoms with van der Waals surface area (Å²) in [5.41, 5.74) is 3.75. The molecule has 5 rings (SSSR count). The van der Waals surface area contributed by atoms with Crippen molar-refractivity contribution >= 4 is 27.2 Å².